The van der Waals surface area contributed by atoms with Gasteiger partial charge in [-0.2, -0.15) is 0 Å². The standard InChI is InChI=1S/C20H26N2O3.ClH/c1-4-6-11-25-18-10-8-15(12-19(18)24-5-2)20(23)22-17-13-16(21)9-7-14(17)3;/h7-10,12-13H,4-6,11,21H2,1-3H3,(H,22,23);1H. The van der Waals surface area contributed by atoms with E-state index in [9.17, 15) is 4.79 Å². The van der Waals surface area contributed by atoms with Gasteiger partial charge in [-0.05, 0) is 56.2 Å². The summed E-state index contributed by atoms with van der Waals surface area (Å²) in [4.78, 5) is 12.6. The normalized spacial score (nSPS) is 9.96. The molecule has 0 radical (unpaired) electrons. The molecule has 26 heavy (non-hydrogen) atoms. The molecule has 5 nitrogen and oxygen atoms in total. The summed E-state index contributed by atoms with van der Waals surface area (Å²) in [6.45, 7) is 7.07. The third-order valence-electron chi connectivity index (χ3n) is 3.77. The van der Waals surface area contributed by atoms with Gasteiger partial charge in [-0.1, -0.05) is 19.4 Å². The van der Waals surface area contributed by atoms with Gasteiger partial charge in [0.1, 0.15) is 0 Å². The Morgan fingerprint density at radius 1 is 1.08 bits per heavy atom. The molecule has 142 valence electrons. The van der Waals surface area contributed by atoms with E-state index in [0.717, 1.165) is 18.4 Å². The number of unbranched alkanes of at least 4 members (excludes halogenated alkanes) is 1. The first-order chi connectivity index (χ1) is 12.0. The number of ether oxygens (including phenoxy) is 2. The Morgan fingerprint density at radius 2 is 1.85 bits per heavy atom. The van der Waals surface area contributed by atoms with Crippen molar-refractivity contribution in [1.29, 1.82) is 0 Å². The van der Waals surface area contributed by atoms with E-state index in [-0.39, 0.29) is 18.3 Å². The number of halogens is 1. The number of nitrogens with two attached hydrogens (primary N) is 1. The number of amides is 1. The van der Waals surface area contributed by atoms with Crippen molar-refractivity contribution in [1.82, 2.24) is 0 Å². The highest BCUT2D eigenvalue weighted by Crippen LogP contribution is 2.29. The quantitative estimate of drug-likeness (QED) is 0.509. The minimum atomic E-state index is -0.213. The number of aryl methyl sites for hydroxylation is 1. The number of nitrogen functional groups attached to an aromatic ring is 1. The van der Waals surface area contributed by atoms with Gasteiger partial charge in [0.05, 0.1) is 13.2 Å². The summed E-state index contributed by atoms with van der Waals surface area (Å²) >= 11 is 0. The van der Waals surface area contributed by atoms with Crippen LogP contribution in [0.2, 0.25) is 0 Å². The van der Waals surface area contributed by atoms with Gasteiger partial charge >= 0.3 is 0 Å². The Bertz CT molecular complexity index is 735. The summed E-state index contributed by atoms with van der Waals surface area (Å²) in [6, 6.07) is 10.7. The third kappa shape index (κ3) is 5.85. The van der Waals surface area contributed by atoms with E-state index in [1.165, 1.54) is 0 Å². The lowest BCUT2D eigenvalue weighted by Gasteiger charge is -2.14. The SMILES string of the molecule is CCCCOc1ccc(C(=O)Nc2cc(N)ccc2C)cc1OCC.Cl. The Hall–Kier alpha value is -2.40. The predicted molar refractivity (Wildman–Crippen MR) is 109 cm³/mol. The lowest BCUT2D eigenvalue weighted by atomic mass is 10.1. The molecule has 2 aromatic rings. The molecule has 0 heterocycles. The molecule has 0 aliphatic carbocycles. The largest absolute Gasteiger partial charge is 0.490 e. The van der Waals surface area contributed by atoms with Crippen LogP contribution in [0.5, 0.6) is 11.5 Å². The van der Waals surface area contributed by atoms with E-state index < -0.39 is 0 Å². The molecule has 0 aromatic heterocycles. The lowest BCUT2D eigenvalue weighted by molar-refractivity contribution is 0.102. The van der Waals surface area contributed by atoms with Gasteiger partial charge in [-0.3, -0.25) is 4.79 Å². The molecule has 0 atom stereocenters. The van der Waals surface area contributed by atoms with Crippen molar-refractivity contribution < 1.29 is 14.3 Å². The first kappa shape index (κ1) is 21.6. The molecule has 6 heteroatoms. The van der Waals surface area contributed by atoms with E-state index >= 15 is 0 Å². The number of carbonyl (C=O) groups excluding carboxylic acids is 1. The van der Waals surface area contributed by atoms with Gasteiger partial charge in [0.2, 0.25) is 0 Å². The fourth-order valence-corrected chi connectivity index (χ4v) is 2.33. The van der Waals surface area contributed by atoms with Crippen LogP contribution in [0.1, 0.15) is 42.6 Å². The Morgan fingerprint density at radius 3 is 2.54 bits per heavy atom. The molecule has 0 spiro atoms. The average Bonchev–Trinajstić information content (AvgIpc) is 2.59. The summed E-state index contributed by atoms with van der Waals surface area (Å²) in [6.07, 6.45) is 2.03. The van der Waals surface area contributed by atoms with Crippen LogP contribution in [-0.4, -0.2) is 19.1 Å². The van der Waals surface area contributed by atoms with Crippen molar-refractivity contribution in [3.05, 3.63) is 47.5 Å². The maximum absolute atomic E-state index is 12.6. The van der Waals surface area contributed by atoms with Crippen LogP contribution in [0.4, 0.5) is 11.4 Å². The molecule has 0 bridgehead atoms. The van der Waals surface area contributed by atoms with E-state index in [1.54, 1.807) is 30.3 Å². The Labute approximate surface area is 161 Å². The van der Waals surface area contributed by atoms with Gasteiger partial charge in [0.25, 0.3) is 5.91 Å². The second-order valence-corrected chi connectivity index (χ2v) is 5.83. The molecule has 0 aliphatic rings. The molecule has 0 saturated heterocycles. The van der Waals surface area contributed by atoms with Crippen molar-refractivity contribution in [2.45, 2.75) is 33.6 Å². The van der Waals surface area contributed by atoms with E-state index in [0.29, 0.717) is 41.7 Å². The molecule has 2 rings (SSSR count). The number of rotatable bonds is 8. The van der Waals surface area contributed by atoms with E-state index in [1.807, 2.05) is 19.9 Å². The molecule has 2 aromatic carbocycles. The minimum Gasteiger partial charge on any atom is -0.490 e. The van der Waals surface area contributed by atoms with Crippen molar-refractivity contribution in [2.75, 3.05) is 24.3 Å². The van der Waals surface area contributed by atoms with Crippen LogP contribution in [0.3, 0.4) is 0 Å². The second kappa shape index (κ2) is 10.6. The molecule has 3 N–H and O–H groups in total. The Balaban J connectivity index is 0.00000338. The topological polar surface area (TPSA) is 73.6 Å². The summed E-state index contributed by atoms with van der Waals surface area (Å²) in [5.74, 6) is 1.03. The zero-order chi connectivity index (χ0) is 18.2. The monoisotopic (exact) mass is 378 g/mol. The van der Waals surface area contributed by atoms with Gasteiger partial charge < -0.3 is 20.5 Å². The van der Waals surface area contributed by atoms with Crippen molar-refractivity contribution in [2.24, 2.45) is 0 Å². The maximum Gasteiger partial charge on any atom is 0.255 e. The number of hydrogen-bond donors (Lipinski definition) is 2. The van der Waals surface area contributed by atoms with E-state index in [2.05, 4.69) is 12.2 Å². The maximum atomic E-state index is 12.6. The molecule has 0 fully saturated rings. The molecule has 0 saturated carbocycles. The molecular weight excluding hydrogens is 352 g/mol. The van der Waals surface area contributed by atoms with Crippen molar-refractivity contribution in [3.63, 3.8) is 0 Å². The third-order valence-corrected chi connectivity index (χ3v) is 3.77. The van der Waals surface area contributed by atoms with Crippen molar-refractivity contribution >= 4 is 29.7 Å². The molecular formula is C20H27ClN2O3. The smallest absolute Gasteiger partial charge is 0.255 e. The van der Waals surface area contributed by atoms with Crippen LogP contribution < -0.4 is 20.5 Å². The van der Waals surface area contributed by atoms with Crippen LogP contribution in [0.15, 0.2) is 36.4 Å². The summed E-state index contributed by atoms with van der Waals surface area (Å²) < 4.78 is 11.4. The lowest BCUT2D eigenvalue weighted by Crippen LogP contribution is -2.13. The summed E-state index contributed by atoms with van der Waals surface area (Å²) in [7, 11) is 0. The van der Waals surface area contributed by atoms with Gasteiger partial charge in [0, 0.05) is 16.9 Å². The van der Waals surface area contributed by atoms with Crippen LogP contribution in [-0.2, 0) is 0 Å². The Kier molecular flexibility index (Phi) is 8.79. The average molecular weight is 379 g/mol. The predicted octanol–water partition coefficient (Wildman–Crippen LogP) is 4.83. The van der Waals surface area contributed by atoms with Gasteiger partial charge in [-0.25, -0.2) is 0 Å². The number of benzene rings is 2. The van der Waals surface area contributed by atoms with Gasteiger partial charge in [-0.15, -0.1) is 12.4 Å². The zero-order valence-corrected chi connectivity index (χ0v) is 16.3. The number of nitrogens with one attached hydrogen (secondary N) is 1. The fourth-order valence-electron chi connectivity index (χ4n) is 2.33. The van der Waals surface area contributed by atoms with Crippen LogP contribution >= 0.6 is 12.4 Å². The molecule has 0 unspecified atom stereocenters. The van der Waals surface area contributed by atoms with Crippen LogP contribution in [0.25, 0.3) is 0 Å². The first-order valence-electron chi connectivity index (χ1n) is 8.62. The number of carbonyl (C=O) groups is 1. The highest BCUT2D eigenvalue weighted by Gasteiger charge is 2.13. The summed E-state index contributed by atoms with van der Waals surface area (Å²) in [5, 5.41) is 2.89. The molecule has 1 amide bonds. The minimum absolute atomic E-state index is 0. The second-order valence-electron chi connectivity index (χ2n) is 5.83. The van der Waals surface area contributed by atoms with Gasteiger partial charge in [0.15, 0.2) is 11.5 Å². The zero-order valence-electron chi connectivity index (χ0n) is 15.5. The first-order valence-corrected chi connectivity index (χ1v) is 8.62. The highest BCUT2D eigenvalue weighted by molar-refractivity contribution is 6.05. The molecule has 0 aliphatic heterocycles. The number of anilines is 2. The van der Waals surface area contributed by atoms with E-state index in [4.69, 9.17) is 15.2 Å². The van der Waals surface area contributed by atoms with Crippen molar-refractivity contribution in [3.8, 4) is 11.5 Å². The fraction of sp³-hybridized carbons (Fsp3) is 0.350. The number of hydrogen-bond acceptors (Lipinski definition) is 4. The van der Waals surface area contributed by atoms with Crippen LogP contribution in [0, 0.1) is 6.92 Å². The summed E-state index contributed by atoms with van der Waals surface area (Å²) in [5.41, 5.74) is 8.56. The highest BCUT2D eigenvalue weighted by atomic mass is 35.5.